The maximum Gasteiger partial charge on any atom is 0.333 e. The fourth-order valence-electron chi connectivity index (χ4n) is 0.571. The van der Waals surface area contributed by atoms with Crippen LogP contribution in [0.1, 0.15) is 20.8 Å². The Balaban J connectivity index is 0. The van der Waals surface area contributed by atoms with Gasteiger partial charge in [0.15, 0.2) is 0 Å². The summed E-state index contributed by atoms with van der Waals surface area (Å²) in [6.45, 7) is 12.6. The smallest absolute Gasteiger partial charge is 0.333 e. The fourth-order valence-corrected chi connectivity index (χ4v) is 0.571. The number of aliphatic hydroxyl groups excluding tert-OH is 1. The van der Waals surface area contributed by atoms with Crippen LogP contribution in [0.4, 0.5) is 0 Å². The molecule has 0 rings (SSSR count). The van der Waals surface area contributed by atoms with Gasteiger partial charge in [0.25, 0.3) is 0 Å². The second-order valence-electron chi connectivity index (χ2n) is 3.87. The molecule has 0 atom stereocenters. The molecule has 5 heteroatoms. The van der Waals surface area contributed by atoms with E-state index < -0.39 is 5.97 Å². The minimum absolute atomic E-state index is 0.0465. The van der Waals surface area contributed by atoms with Gasteiger partial charge in [-0.15, -0.1) is 0 Å². The van der Waals surface area contributed by atoms with Gasteiger partial charge in [-0.2, -0.15) is 0 Å². The first-order valence-corrected chi connectivity index (χ1v) is 5.57. The summed E-state index contributed by atoms with van der Waals surface area (Å²) in [5, 5.41) is 8.10. The van der Waals surface area contributed by atoms with Crippen molar-refractivity contribution in [2.45, 2.75) is 20.8 Å². The zero-order valence-electron chi connectivity index (χ0n) is 11.3. The predicted octanol–water partition coefficient (Wildman–Crippen LogP) is 1.47. The van der Waals surface area contributed by atoms with Gasteiger partial charge >= 0.3 is 11.9 Å². The number of rotatable bonds is 6. The molecule has 1 N–H and O–H groups in total. The lowest BCUT2D eigenvalue weighted by atomic mass is 10.2. The summed E-state index contributed by atoms with van der Waals surface area (Å²) in [6, 6.07) is 0. The number of hydrogen-bond donors (Lipinski definition) is 1. The van der Waals surface area contributed by atoms with Crippen molar-refractivity contribution in [1.29, 1.82) is 0 Å². The van der Waals surface area contributed by atoms with Crippen molar-refractivity contribution in [2.24, 2.45) is 5.92 Å². The van der Waals surface area contributed by atoms with Gasteiger partial charge < -0.3 is 14.6 Å². The third-order valence-corrected chi connectivity index (χ3v) is 1.40. The maximum atomic E-state index is 10.7. The number of aliphatic hydroxyl groups is 1. The molecule has 0 aromatic carbocycles. The van der Waals surface area contributed by atoms with E-state index in [-0.39, 0.29) is 19.2 Å². The Morgan fingerprint density at radius 1 is 1.33 bits per heavy atom. The first-order valence-electron chi connectivity index (χ1n) is 5.57. The van der Waals surface area contributed by atoms with E-state index in [1.807, 2.05) is 13.8 Å². The molecule has 0 bridgehead atoms. The molecule has 0 radical (unpaired) electrons. The van der Waals surface area contributed by atoms with Gasteiger partial charge in [-0.05, 0) is 12.8 Å². The molecule has 5 nitrogen and oxygen atoms in total. The van der Waals surface area contributed by atoms with Crippen LogP contribution in [0.15, 0.2) is 24.8 Å². The largest absolute Gasteiger partial charge is 0.462 e. The molecule has 0 aromatic rings. The van der Waals surface area contributed by atoms with Gasteiger partial charge in [0.05, 0.1) is 13.2 Å². The van der Waals surface area contributed by atoms with Gasteiger partial charge in [-0.25, -0.2) is 9.59 Å². The lowest BCUT2D eigenvalue weighted by Gasteiger charge is -2.05. The van der Waals surface area contributed by atoms with Crippen molar-refractivity contribution in [3.8, 4) is 0 Å². The number of esters is 2. The normalized spacial score (nSPS) is 8.94. The van der Waals surface area contributed by atoms with Gasteiger partial charge in [-0.3, -0.25) is 0 Å². The first-order chi connectivity index (χ1) is 8.34. The molecule has 0 aromatic heterocycles. The first kappa shape index (κ1) is 18.7. The Hall–Kier alpha value is -1.62. The molecule has 104 valence electrons. The van der Waals surface area contributed by atoms with Crippen LogP contribution in [0.3, 0.4) is 0 Å². The highest BCUT2D eigenvalue weighted by atomic mass is 16.5. The Morgan fingerprint density at radius 3 is 2.22 bits per heavy atom. The van der Waals surface area contributed by atoms with Crippen molar-refractivity contribution in [3.63, 3.8) is 0 Å². The second-order valence-corrected chi connectivity index (χ2v) is 3.87. The SMILES string of the molecule is C=C(C)C(=O)OCC(C)C.C=CC(=O)OCCO. The summed E-state index contributed by atoms with van der Waals surface area (Å²) < 4.78 is 9.16. The highest BCUT2D eigenvalue weighted by Gasteiger charge is 2.03. The molecule has 0 aliphatic carbocycles. The van der Waals surface area contributed by atoms with Crippen LogP contribution >= 0.6 is 0 Å². The Labute approximate surface area is 108 Å². The fraction of sp³-hybridized carbons (Fsp3) is 0.538. The highest BCUT2D eigenvalue weighted by molar-refractivity contribution is 5.86. The summed E-state index contributed by atoms with van der Waals surface area (Å²) in [6.07, 6.45) is 1.05. The summed E-state index contributed by atoms with van der Waals surface area (Å²) in [5.41, 5.74) is 0.459. The van der Waals surface area contributed by atoms with Crippen LogP contribution in [0.2, 0.25) is 0 Å². The van der Waals surface area contributed by atoms with Crippen molar-refractivity contribution in [2.75, 3.05) is 19.8 Å². The van der Waals surface area contributed by atoms with E-state index in [9.17, 15) is 9.59 Å². The van der Waals surface area contributed by atoms with Gasteiger partial charge in [0, 0.05) is 11.6 Å². The zero-order chi connectivity index (χ0) is 14.6. The molecule has 0 spiro atoms. The van der Waals surface area contributed by atoms with Crippen LogP contribution in [0.25, 0.3) is 0 Å². The van der Waals surface area contributed by atoms with Crippen LogP contribution in [-0.4, -0.2) is 36.9 Å². The third kappa shape index (κ3) is 14.4. The highest BCUT2D eigenvalue weighted by Crippen LogP contribution is 1.97. The molecular weight excluding hydrogens is 236 g/mol. The molecule has 0 saturated carbocycles. The second kappa shape index (κ2) is 11.9. The summed E-state index contributed by atoms with van der Waals surface area (Å²) in [5.74, 6) is -0.406. The number of ether oxygens (including phenoxy) is 2. The molecule has 0 unspecified atom stereocenters. The average molecular weight is 258 g/mol. The van der Waals surface area contributed by atoms with E-state index in [0.717, 1.165) is 6.08 Å². The quantitative estimate of drug-likeness (QED) is 0.577. The Kier molecular flexibility index (Phi) is 12.3. The molecule has 0 saturated heterocycles. The molecule has 0 heterocycles. The van der Waals surface area contributed by atoms with Gasteiger partial charge in [0.2, 0.25) is 0 Å². The van der Waals surface area contributed by atoms with E-state index in [1.165, 1.54) is 0 Å². The topological polar surface area (TPSA) is 72.8 Å². The van der Waals surface area contributed by atoms with Gasteiger partial charge in [0.1, 0.15) is 6.61 Å². The molecule has 0 fully saturated rings. The van der Waals surface area contributed by atoms with Crippen molar-refractivity contribution in [3.05, 3.63) is 24.8 Å². The van der Waals surface area contributed by atoms with Crippen LogP contribution in [0.5, 0.6) is 0 Å². The van der Waals surface area contributed by atoms with Crippen molar-refractivity contribution < 1.29 is 24.2 Å². The summed E-state index contributed by atoms with van der Waals surface area (Å²) in [4.78, 5) is 20.8. The standard InChI is InChI=1S/C8H14O2.C5H8O3/c1-6(2)5-10-8(9)7(3)4;1-2-5(7)8-4-3-6/h6H,3,5H2,1-2,4H3;2,6H,1,3-4H2. The maximum absolute atomic E-state index is 10.7. The zero-order valence-corrected chi connectivity index (χ0v) is 11.3. The summed E-state index contributed by atoms with van der Waals surface area (Å²) in [7, 11) is 0. The van der Waals surface area contributed by atoms with E-state index in [2.05, 4.69) is 17.9 Å². The molecule has 0 amide bonds. The predicted molar refractivity (Wildman–Crippen MR) is 68.9 cm³/mol. The minimum Gasteiger partial charge on any atom is -0.462 e. The number of hydrogen-bond acceptors (Lipinski definition) is 5. The Bertz CT molecular complexity index is 281. The van der Waals surface area contributed by atoms with E-state index in [4.69, 9.17) is 9.84 Å². The van der Waals surface area contributed by atoms with Gasteiger partial charge in [-0.1, -0.05) is 27.0 Å². The lowest BCUT2D eigenvalue weighted by Crippen LogP contribution is -2.09. The monoisotopic (exact) mass is 258 g/mol. The third-order valence-electron chi connectivity index (χ3n) is 1.40. The lowest BCUT2D eigenvalue weighted by molar-refractivity contribution is -0.140. The van der Waals surface area contributed by atoms with E-state index in [0.29, 0.717) is 18.1 Å². The average Bonchev–Trinajstić information content (AvgIpc) is 2.33. The van der Waals surface area contributed by atoms with Crippen LogP contribution < -0.4 is 0 Å². The molecule has 0 aliphatic heterocycles. The number of carbonyl (C=O) groups is 2. The summed E-state index contributed by atoms with van der Waals surface area (Å²) >= 11 is 0. The molecular formula is C13H22O5. The van der Waals surface area contributed by atoms with Crippen LogP contribution in [0, 0.1) is 5.92 Å². The van der Waals surface area contributed by atoms with E-state index >= 15 is 0 Å². The Morgan fingerprint density at radius 2 is 1.89 bits per heavy atom. The van der Waals surface area contributed by atoms with E-state index in [1.54, 1.807) is 6.92 Å². The molecule has 0 aliphatic rings. The van der Waals surface area contributed by atoms with Crippen molar-refractivity contribution in [1.82, 2.24) is 0 Å². The van der Waals surface area contributed by atoms with Crippen molar-refractivity contribution >= 4 is 11.9 Å². The molecule has 18 heavy (non-hydrogen) atoms. The number of carbonyl (C=O) groups excluding carboxylic acids is 2. The minimum atomic E-state index is -0.501. The van der Waals surface area contributed by atoms with Crippen LogP contribution in [-0.2, 0) is 19.1 Å².